The second-order valence-electron chi connectivity index (χ2n) is 8.99. The predicted octanol–water partition coefficient (Wildman–Crippen LogP) is 2.99. The van der Waals surface area contributed by atoms with Crippen LogP contribution in [0.3, 0.4) is 0 Å². The zero-order chi connectivity index (χ0) is 21.5. The molecule has 0 bridgehead atoms. The highest BCUT2D eigenvalue weighted by Gasteiger charge is 2.28. The first-order chi connectivity index (χ1) is 14.5. The van der Waals surface area contributed by atoms with Gasteiger partial charge in [-0.3, -0.25) is 9.78 Å². The molecule has 168 valence electrons. The van der Waals surface area contributed by atoms with Crippen molar-refractivity contribution < 1.29 is 9.53 Å². The quantitative estimate of drug-likeness (QED) is 0.652. The predicted molar refractivity (Wildman–Crippen MR) is 121 cm³/mol. The average Bonchev–Trinajstić information content (AvgIpc) is 2.77. The number of likely N-dealkylation sites (N-methyl/N-ethyl adjacent to an activating group) is 1. The second-order valence-corrected chi connectivity index (χ2v) is 8.99. The Balaban J connectivity index is 1.44. The monoisotopic (exact) mass is 416 g/mol. The molecule has 2 aliphatic rings. The third kappa shape index (κ3) is 6.17. The molecule has 0 atom stereocenters. The molecule has 2 aliphatic heterocycles. The van der Waals surface area contributed by atoms with Crippen LogP contribution in [0.2, 0.25) is 0 Å². The smallest absolute Gasteiger partial charge is 0.260 e. The average molecular weight is 417 g/mol. The Kier molecular flexibility index (Phi) is 8.51. The molecule has 1 aromatic heterocycles. The minimum absolute atomic E-state index is 0.0814. The SMILES string of the molecule is CCc1nc(C)ccc1OCC(=O)N(CC)CC1CCN(C2CCN(C)CC2)CC1. The first kappa shape index (κ1) is 23.0. The van der Waals surface area contributed by atoms with Gasteiger partial charge >= 0.3 is 0 Å². The number of pyridine rings is 1. The minimum Gasteiger partial charge on any atom is -0.482 e. The summed E-state index contributed by atoms with van der Waals surface area (Å²) in [5.74, 6) is 1.42. The van der Waals surface area contributed by atoms with Crippen LogP contribution >= 0.6 is 0 Å². The summed E-state index contributed by atoms with van der Waals surface area (Å²) in [6, 6.07) is 4.63. The number of carbonyl (C=O) groups is 1. The van der Waals surface area contributed by atoms with Crippen LogP contribution in [0.5, 0.6) is 5.75 Å². The molecule has 1 amide bonds. The molecule has 0 unspecified atom stereocenters. The largest absolute Gasteiger partial charge is 0.482 e. The van der Waals surface area contributed by atoms with E-state index in [1.807, 2.05) is 24.0 Å². The van der Waals surface area contributed by atoms with Crippen molar-refractivity contribution in [2.45, 2.75) is 58.9 Å². The molecule has 0 aromatic carbocycles. The van der Waals surface area contributed by atoms with Gasteiger partial charge in [0.1, 0.15) is 5.75 Å². The zero-order valence-electron chi connectivity index (χ0n) is 19.4. The number of carbonyl (C=O) groups excluding carboxylic acids is 1. The molecule has 3 rings (SSSR count). The van der Waals surface area contributed by atoms with Crippen LogP contribution < -0.4 is 4.74 Å². The molecule has 2 saturated heterocycles. The maximum Gasteiger partial charge on any atom is 0.260 e. The molecule has 6 nitrogen and oxygen atoms in total. The van der Waals surface area contributed by atoms with Gasteiger partial charge in [-0.05, 0) is 97.2 Å². The summed E-state index contributed by atoms with van der Waals surface area (Å²) >= 11 is 0. The van der Waals surface area contributed by atoms with Crippen LogP contribution in [0.15, 0.2) is 12.1 Å². The molecule has 3 heterocycles. The van der Waals surface area contributed by atoms with Crippen LogP contribution in [0.4, 0.5) is 0 Å². The molecule has 0 aliphatic carbocycles. The number of nitrogens with zero attached hydrogens (tertiary/aromatic N) is 4. The lowest BCUT2D eigenvalue weighted by atomic mass is 9.93. The number of ether oxygens (including phenoxy) is 1. The number of aromatic nitrogens is 1. The summed E-state index contributed by atoms with van der Waals surface area (Å²) in [4.78, 5) is 24.4. The van der Waals surface area contributed by atoms with Gasteiger partial charge in [0.2, 0.25) is 0 Å². The number of hydrogen-bond acceptors (Lipinski definition) is 5. The molecule has 30 heavy (non-hydrogen) atoms. The van der Waals surface area contributed by atoms with E-state index in [-0.39, 0.29) is 12.5 Å². The number of piperidine rings is 2. The van der Waals surface area contributed by atoms with Crippen LogP contribution in [0.1, 0.15) is 50.9 Å². The van der Waals surface area contributed by atoms with Gasteiger partial charge < -0.3 is 19.4 Å². The van der Waals surface area contributed by atoms with Crippen LogP contribution in [0.25, 0.3) is 0 Å². The number of amides is 1. The summed E-state index contributed by atoms with van der Waals surface area (Å²) in [5.41, 5.74) is 1.90. The second kappa shape index (κ2) is 11.1. The van der Waals surface area contributed by atoms with Gasteiger partial charge in [0.05, 0.1) is 5.69 Å². The van der Waals surface area contributed by atoms with Gasteiger partial charge in [-0.1, -0.05) is 6.92 Å². The Morgan fingerprint density at radius 2 is 1.83 bits per heavy atom. The van der Waals surface area contributed by atoms with Crippen LogP contribution in [0, 0.1) is 12.8 Å². The van der Waals surface area contributed by atoms with Crippen LogP contribution in [-0.4, -0.2) is 84.6 Å². The Morgan fingerprint density at radius 1 is 1.13 bits per heavy atom. The maximum atomic E-state index is 12.8. The Bertz CT molecular complexity index is 680. The minimum atomic E-state index is 0.0814. The van der Waals surface area contributed by atoms with E-state index in [2.05, 4.69) is 35.7 Å². The topological polar surface area (TPSA) is 48.9 Å². The molecule has 0 saturated carbocycles. The van der Waals surface area contributed by atoms with Crippen molar-refractivity contribution in [1.29, 1.82) is 0 Å². The number of aryl methyl sites for hydroxylation is 2. The number of likely N-dealkylation sites (tertiary alicyclic amines) is 2. The van der Waals surface area contributed by atoms with Crippen molar-refractivity contribution in [1.82, 2.24) is 19.7 Å². The van der Waals surface area contributed by atoms with E-state index in [9.17, 15) is 4.79 Å². The highest BCUT2D eigenvalue weighted by molar-refractivity contribution is 5.77. The molecule has 2 fully saturated rings. The van der Waals surface area contributed by atoms with Gasteiger partial charge in [0.15, 0.2) is 6.61 Å². The standard InChI is InChI=1S/C24H40N4O2/c1-5-22-23(8-7-19(3)25-22)30-18-24(29)27(6-2)17-20-9-15-28(16-10-20)21-11-13-26(4)14-12-21/h7-8,20-21H,5-6,9-18H2,1-4H3. The normalized spacial score (nSPS) is 19.7. The van der Waals surface area contributed by atoms with Gasteiger partial charge in [-0.25, -0.2) is 0 Å². The Hall–Kier alpha value is -1.66. The van der Waals surface area contributed by atoms with Crippen molar-refractivity contribution in [3.63, 3.8) is 0 Å². The summed E-state index contributed by atoms with van der Waals surface area (Å²) < 4.78 is 5.86. The summed E-state index contributed by atoms with van der Waals surface area (Å²) in [6.07, 6.45) is 5.79. The van der Waals surface area contributed by atoms with Gasteiger partial charge in [-0.15, -0.1) is 0 Å². The first-order valence-corrected chi connectivity index (χ1v) is 11.8. The van der Waals surface area contributed by atoms with E-state index in [4.69, 9.17) is 4.74 Å². The van der Waals surface area contributed by atoms with Crippen molar-refractivity contribution in [2.24, 2.45) is 5.92 Å². The molecule has 0 N–H and O–H groups in total. The molecule has 6 heteroatoms. The lowest BCUT2D eigenvalue weighted by Crippen LogP contribution is -2.48. The summed E-state index contributed by atoms with van der Waals surface area (Å²) in [5, 5.41) is 0. The third-order valence-corrected chi connectivity index (χ3v) is 6.82. The molecular formula is C24H40N4O2. The lowest BCUT2D eigenvalue weighted by Gasteiger charge is -2.41. The van der Waals surface area contributed by atoms with E-state index >= 15 is 0 Å². The maximum absolute atomic E-state index is 12.8. The number of hydrogen-bond donors (Lipinski definition) is 0. The van der Waals surface area contributed by atoms with E-state index in [1.54, 1.807) is 0 Å². The first-order valence-electron chi connectivity index (χ1n) is 11.8. The summed E-state index contributed by atoms with van der Waals surface area (Å²) in [7, 11) is 2.22. The van der Waals surface area contributed by atoms with Crippen molar-refractivity contribution in [2.75, 3.05) is 52.9 Å². The van der Waals surface area contributed by atoms with Gasteiger partial charge in [0.25, 0.3) is 5.91 Å². The summed E-state index contributed by atoms with van der Waals surface area (Å²) in [6.45, 7) is 12.6. The van der Waals surface area contributed by atoms with Gasteiger partial charge in [0, 0.05) is 24.8 Å². The van der Waals surface area contributed by atoms with E-state index in [0.29, 0.717) is 5.92 Å². The fourth-order valence-electron chi connectivity index (χ4n) is 4.79. The Labute approximate surface area is 182 Å². The lowest BCUT2D eigenvalue weighted by molar-refractivity contribution is -0.134. The molecule has 1 aromatic rings. The van der Waals surface area contributed by atoms with E-state index < -0.39 is 0 Å². The fourth-order valence-corrected chi connectivity index (χ4v) is 4.79. The zero-order valence-corrected chi connectivity index (χ0v) is 19.4. The highest BCUT2D eigenvalue weighted by atomic mass is 16.5. The Morgan fingerprint density at radius 3 is 2.47 bits per heavy atom. The molecule has 0 spiro atoms. The fraction of sp³-hybridized carbons (Fsp3) is 0.750. The van der Waals surface area contributed by atoms with Gasteiger partial charge in [-0.2, -0.15) is 0 Å². The third-order valence-electron chi connectivity index (χ3n) is 6.82. The molecular weight excluding hydrogens is 376 g/mol. The van der Waals surface area contributed by atoms with Crippen molar-refractivity contribution in [3.05, 3.63) is 23.5 Å². The van der Waals surface area contributed by atoms with E-state index in [1.165, 1.54) is 51.9 Å². The van der Waals surface area contributed by atoms with Crippen molar-refractivity contribution in [3.8, 4) is 5.75 Å². The number of rotatable bonds is 8. The van der Waals surface area contributed by atoms with E-state index in [0.717, 1.165) is 42.7 Å². The highest BCUT2D eigenvalue weighted by Crippen LogP contribution is 2.24. The molecule has 0 radical (unpaired) electrons. The van der Waals surface area contributed by atoms with Crippen molar-refractivity contribution >= 4 is 5.91 Å². The van der Waals surface area contributed by atoms with Crippen LogP contribution in [-0.2, 0) is 11.2 Å².